The normalized spacial score (nSPS) is 12.3. The highest BCUT2D eigenvalue weighted by atomic mass is 32.2. The van der Waals surface area contributed by atoms with E-state index in [1.807, 2.05) is 0 Å². The molecule has 4 N–H and O–H groups in total. The fourth-order valence-corrected chi connectivity index (χ4v) is 3.85. The maximum Gasteiger partial charge on any atom is 0.325 e. The summed E-state index contributed by atoms with van der Waals surface area (Å²) >= 11 is 0. The Morgan fingerprint density at radius 2 is 1.81 bits per heavy atom. The van der Waals surface area contributed by atoms with Crippen LogP contribution < -0.4 is 15.8 Å². The van der Waals surface area contributed by atoms with Gasteiger partial charge in [-0.1, -0.05) is 24.3 Å². The van der Waals surface area contributed by atoms with Gasteiger partial charge in [0.15, 0.2) is 21.7 Å². The third kappa shape index (κ3) is 7.24. The second-order valence-electron chi connectivity index (χ2n) is 6.35. The maximum absolute atomic E-state index is 12.3. The van der Waals surface area contributed by atoms with Gasteiger partial charge in [-0.15, -0.1) is 0 Å². The van der Waals surface area contributed by atoms with Gasteiger partial charge in [-0.2, -0.15) is 8.42 Å². The van der Waals surface area contributed by atoms with Crippen molar-refractivity contribution in [3.05, 3.63) is 54.1 Å². The van der Waals surface area contributed by atoms with E-state index < -0.39 is 37.8 Å². The van der Waals surface area contributed by atoms with Crippen LogP contribution in [0.1, 0.15) is 5.56 Å². The molecule has 0 aliphatic rings. The van der Waals surface area contributed by atoms with Crippen LogP contribution in [0.5, 0.6) is 11.5 Å². The van der Waals surface area contributed by atoms with Crippen LogP contribution in [0.25, 0.3) is 0 Å². The van der Waals surface area contributed by atoms with Crippen molar-refractivity contribution in [3.63, 3.8) is 0 Å². The minimum absolute atomic E-state index is 0.0903. The van der Waals surface area contributed by atoms with Crippen LogP contribution in [0.4, 0.5) is 4.79 Å². The summed E-state index contributed by atoms with van der Waals surface area (Å²) in [5.41, 5.74) is 5.91. The number of nitrogens with one attached hydrogen (secondary N) is 1. The predicted octanol–water partition coefficient (Wildman–Crippen LogP) is 1.18. The molecule has 0 aliphatic carbocycles. The van der Waals surface area contributed by atoms with Crippen molar-refractivity contribution in [3.8, 4) is 11.5 Å². The predicted molar refractivity (Wildman–Crippen MR) is 114 cm³/mol. The number of nitrogens with zero attached hydrogens (tertiary/aromatic N) is 2. The topological polar surface area (TPSA) is 168 Å². The molecule has 31 heavy (non-hydrogen) atoms. The number of sulfone groups is 1. The molecule has 0 spiro atoms. The number of ether oxygens (including phenoxy) is 1. The number of aliphatic imine (C=N–C) groups is 1. The summed E-state index contributed by atoms with van der Waals surface area (Å²) in [6.07, 6.45) is 1.02. The van der Waals surface area contributed by atoms with E-state index in [9.17, 15) is 21.6 Å². The van der Waals surface area contributed by atoms with E-state index in [1.165, 1.54) is 25.2 Å². The van der Waals surface area contributed by atoms with Gasteiger partial charge in [0, 0.05) is 19.8 Å². The molecule has 0 unspecified atom stereocenters. The molecule has 0 saturated carbocycles. The molecule has 168 valence electrons. The van der Waals surface area contributed by atoms with E-state index in [-0.39, 0.29) is 17.2 Å². The molecule has 2 aromatic rings. The number of rotatable bonds is 7. The van der Waals surface area contributed by atoms with Crippen LogP contribution in [-0.4, -0.2) is 57.5 Å². The first-order chi connectivity index (χ1) is 14.4. The molecule has 2 rings (SSSR count). The largest absolute Gasteiger partial charge is 0.456 e. The van der Waals surface area contributed by atoms with Crippen molar-refractivity contribution in [2.45, 2.75) is 11.4 Å². The Hall–Kier alpha value is -3.16. The van der Waals surface area contributed by atoms with Gasteiger partial charge in [0.05, 0.1) is 0 Å². The van der Waals surface area contributed by atoms with Crippen LogP contribution in [0.2, 0.25) is 0 Å². The lowest BCUT2D eigenvalue weighted by molar-refractivity contribution is 0.223. The average Bonchev–Trinajstić information content (AvgIpc) is 2.69. The van der Waals surface area contributed by atoms with Crippen LogP contribution in [0.3, 0.4) is 0 Å². The second kappa shape index (κ2) is 9.76. The van der Waals surface area contributed by atoms with Crippen LogP contribution >= 0.6 is 0 Å². The number of hydrogen-bond acceptors (Lipinski definition) is 7. The molecule has 0 aromatic heterocycles. The molecule has 2 aromatic carbocycles. The van der Waals surface area contributed by atoms with Crippen molar-refractivity contribution >= 4 is 31.9 Å². The van der Waals surface area contributed by atoms with E-state index >= 15 is 0 Å². The Morgan fingerprint density at radius 3 is 2.35 bits per heavy atom. The molecule has 0 radical (unpaired) electrons. The summed E-state index contributed by atoms with van der Waals surface area (Å²) in [6.45, 7) is -0.161. The number of benzene rings is 2. The molecule has 13 heteroatoms. The Balaban J connectivity index is 2.24. The van der Waals surface area contributed by atoms with E-state index in [2.05, 4.69) is 10.3 Å². The first kappa shape index (κ1) is 24.1. The average molecular weight is 471 g/mol. The number of hydrogen-bond donors (Lipinski definition) is 3. The third-order valence-corrected chi connectivity index (χ3v) is 5.57. The Morgan fingerprint density at radius 1 is 1.16 bits per heavy atom. The second-order valence-corrected chi connectivity index (χ2v) is 9.75. The number of urea groups is 1. The molecular weight excluding hydrogens is 448 g/mol. The summed E-state index contributed by atoms with van der Waals surface area (Å²) in [5, 5.41) is 2.40. The summed E-state index contributed by atoms with van der Waals surface area (Å²) in [5.74, 6) is -0.971. The highest BCUT2D eigenvalue weighted by Gasteiger charge is 2.23. The van der Waals surface area contributed by atoms with Crippen molar-refractivity contribution in [1.29, 1.82) is 0 Å². The first-order valence-electron chi connectivity index (χ1n) is 8.69. The van der Waals surface area contributed by atoms with Gasteiger partial charge in [-0.05, 0) is 29.8 Å². The van der Waals surface area contributed by atoms with Gasteiger partial charge >= 0.3 is 6.03 Å². The Kier molecular flexibility index (Phi) is 7.60. The number of nitrogens with two attached hydrogens (primary N) is 1. The van der Waals surface area contributed by atoms with Gasteiger partial charge in [0.25, 0.3) is 10.1 Å². The highest BCUT2D eigenvalue weighted by molar-refractivity contribution is 7.90. The van der Waals surface area contributed by atoms with Crippen molar-refractivity contribution in [2.24, 2.45) is 10.7 Å². The van der Waals surface area contributed by atoms with Crippen LogP contribution in [0, 0.1) is 0 Å². The van der Waals surface area contributed by atoms with Crippen LogP contribution in [-0.2, 0) is 26.5 Å². The number of carbonyl (C=O) groups is 1. The van der Waals surface area contributed by atoms with Crippen molar-refractivity contribution < 1.29 is 30.9 Å². The SMILES string of the molecule is CN=C(N)N(CS(=O)(=O)O)C(=O)NCc1ccc(Oc2ccccc2)c(S(C)(=O)=O)c1. The Bertz CT molecular complexity index is 1180. The third-order valence-electron chi connectivity index (χ3n) is 3.87. The molecular formula is C18H22N4O7S2. The number of guanidine groups is 1. The van der Waals surface area contributed by atoms with Gasteiger partial charge < -0.3 is 15.8 Å². The first-order valence-corrected chi connectivity index (χ1v) is 12.2. The number of carbonyl (C=O) groups excluding carboxylic acids is 1. The lowest BCUT2D eigenvalue weighted by atomic mass is 10.2. The molecule has 0 saturated heterocycles. The van der Waals surface area contributed by atoms with Crippen LogP contribution in [0.15, 0.2) is 58.4 Å². The summed E-state index contributed by atoms with van der Waals surface area (Å²) in [4.78, 5) is 16.3. The lowest BCUT2D eigenvalue weighted by Crippen LogP contribution is -2.49. The molecule has 0 heterocycles. The van der Waals surface area contributed by atoms with Gasteiger partial charge in [-0.25, -0.2) is 18.1 Å². The van der Waals surface area contributed by atoms with Crippen molar-refractivity contribution in [1.82, 2.24) is 10.2 Å². The monoisotopic (exact) mass is 470 g/mol. The smallest absolute Gasteiger partial charge is 0.325 e. The zero-order chi connectivity index (χ0) is 23.2. The molecule has 0 aliphatic heterocycles. The highest BCUT2D eigenvalue weighted by Crippen LogP contribution is 2.29. The zero-order valence-electron chi connectivity index (χ0n) is 16.7. The Labute approximate surface area is 180 Å². The van der Waals surface area contributed by atoms with Gasteiger partial charge in [0.2, 0.25) is 0 Å². The minimum Gasteiger partial charge on any atom is -0.456 e. The molecule has 0 bridgehead atoms. The summed E-state index contributed by atoms with van der Waals surface area (Å²) in [6, 6.07) is 12.0. The lowest BCUT2D eigenvalue weighted by Gasteiger charge is -2.20. The van der Waals surface area contributed by atoms with E-state index in [0.29, 0.717) is 16.2 Å². The maximum atomic E-state index is 12.3. The summed E-state index contributed by atoms with van der Waals surface area (Å²) in [7, 11) is -6.99. The van der Waals surface area contributed by atoms with Gasteiger partial charge in [-0.3, -0.25) is 9.55 Å². The summed E-state index contributed by atoms with van der Waals surface area (Å²) < 4.78 is 61.4. The van der Waals surface area contributed by atoms with E-state index in [0.717, 1.165) is 6.26 Å². The van der Waals surface area contributed by atoms with Gasteiger partial charge in [0.1, 0.15) is 16.4 Å². The number of amides is 2. The fourth-order valence-electron chi connectivity index (χ4n) is 2.44. The number of para-hydroxylation sites is 1. The molecule has 0 atom stereocenters. The quantitative estimate of drug-likeness (QED) is 0.308. The minimum atomic E-state index is -4.56. The van der Waals surface area contributed by atoms with Crippen molar-refractivity contribution in [2.75, 3.05) is 19.2 Å². The fraction of sp³-hybridized carbons (Fsp3) is 0.222. The zero-order valence-corrected chi connectivity index (χ0v) is 18.4. The molecule has 0 fully saturated rings. The van der Waals surface area contributed by atoms with E-state index in [1.54, 1.807) is 30.3 Å². The van der Waals surface area contributed by atoms with E-state index in [4.69, 9.17) is 15.0 Å². The standard InChI is InChI=1S/C18H22N4O7S2/c1-20-17(19)22(12-31(26,27)28)18(23)21-11-13-8-9-15(16(10-13)30(2,24)25)29-14-6-4-3-5-7-14/h3-10H,11-12H2,1-2H3,(H2,19,20)(H,21,23)(H,26,27,28). The molecule has 11 nitrogen and oxygen atoms in total. The molecule has 2 amide bonds.